The average molecular weight is 720 g/mol. The summed E-state index contributed by atoms with van der Waals surface area (Å²) in [5.74, 6) is 0. The van der Waals surface area contributed by atoms with Crippen LogP contribution < -0.4 is 4.90 Å². The molecule has 0 aliphatic carbocycles. The maximum Gasteiger partial charge on any atom is 0.159 e. The zero-order chi connectivity index (χ0) is 36.3. The SMILES string of the molecule is c1ccc(-c2ccc(N(c3ccc(-c4ccc(-c5ccc6ccccc6c5)cc4)cc3)c3cccc4c3oc3ccccc34)c3sc4ccccc4c23)cc1. The van der Waals surface area contributed by atoms with Crippen LogP contribution in [0.25, 0.3) is 86.3 Å². The van der Waals surface area contributed by atoms with Crippen LogP contribution in [0.1, 0.15) is 0 Å². The molecule has 0 aliphatic heterocycles. The van der Waals surface area contributed by atoms with E-state index in [1.165, 1.54) is 64.3 Å². The number of benzene rings is 9. The second kappa shape index (κ2) is 12.9. The zero-order valence-electron chi connectivity index (χ0n) is 29.8. The quantitative estimate of drug-likeness (QED) is 0.170. The van der Waals surface area contributed by atoms with Crippen LogP contribution in [0.4, 0.5) is 17.1 Å². The Balaban J connectivity index is 1.07. The van der Waals surface area contributed by atoms with Crippen LogP contribution in [-0.4, -0.2) is 0 Å². The third-order valence-corrected chi connectivity index (χ3v) is 12.1. The molecule has 55 heavy (non-hydrogen) atoms. The lowest BCUT2D eigenvalue weighted by molar-refractivity contribution is 0.669. The molecule has 3 heteroatoms. The van der Waals surface area contributed by atoms with Gasteiger partial charge in [-0.2, -0.15) is 0 Å². The number of fused-ring (bicyclic) bond motifs is 7. The average Bonchev–Trinajstić information content (AvgIpc) is 3.84. The van der Waals surface area contributed by atoms with Gasteiger partial charge < -0.3 is 9.32 Å². The fraction of sp³-hybridized carbons (Fsp3) is 0. The molecule has 0 radical (unpaired) electrons. The van der Waals surface area contributed by atoms with Gasteiger partial charge in [0.1, 0.15) is 5.58 Å². The highest BCUT2D eigenvalue weighted by Gasteiger charge is 2.24. The van der Waals surface area contributed by atoms with Gasteiger partial charge in [0, 0.05) is 31.9 Å². The van der Waals surface area contributed by atoms with Crippen molar-refractivity contribution < 1.29 is 4.42 Å². The number of para-hydroxylation sites is 2. The summed E-state index contributed by atoms with van der Waals surface area (Å²) in [7, 11) is 0. The summed E-state index contributed by atoms with van der Waals surface area (Å²) in [6.45, 7) is 0. The van der Waals surface area contributed by atoms with E-state index in [4.69, 9.17) is 4.42 Å². The molecule has 0 bridgehead atoms. The van der Waals surface area contributed by atoms with Crippen molar-refractivity contribution in [1.82, 2.24) is 0 Å². The summed E-state index contributed by atoms with van der Waals surface area (Å²) < 4.78 is 9.21. The molecule has 0 fully saturated rings. The Morgan fingerprint density at radius 3 is 1.85 bits per heavy atom. The Kier molecular flexibility index (Phi) is 7.39. The number of rotatable bonds is 6. The fourth-order valence-corrected chi connectivity index (χ4v) is 9.42. The highest BCUT2D eigenvalue weighted by atomic mass is 32.1. The second-order valence-electron chi connectivity index (χ2n) is 14.1. The Bertz CT molecular complexity index is 3190. The van der Waals surface area contributed by atoms with Crippen LogP contribution in [0, 0.1) is 0 Å². The lowest BCUT2D eigenvalue weighted by Crippen LogP contribution is -2.10. The van der Waals surface area contributed by atoms with Crippen molar-refractivity contribution in [3.8, 4) is 33.4 Å². The molecule has 9 aromatic carbocycles. The normalized spacial score (nSPS) is 11.6. The monoisotopic (exact) mass is 719 g/mol. The lowest BCUT2D eigenvalue weighted by Gasteiger charge is -2.27. The van der Waals surface area contributed by atoms with E-state index < -0.39 is 0 Å². The van der Waals surface area contributed by atoms with E-state index in [9.17, 15) is 0 Å². The molecule has 11 rings (SSSR count). The summed E-state index contributed by atoms with van der Waals surface area (Å²) in [6, 6.07) is 72.1. The number of hydrogen-bond acceptors (Lipinski definition) is 3. The van der Waals surface area contributed by atoms with E-state index in [-0.39, 0.29) is 0 Å². The van der Waals surface area contributed by atoms with E-state index in [1.807, 2.05) is 17.4 Å². The highest BCUT2D eigenvalue weighted by molar-refractivity contribution is 7.26. The predicted octanol–water partition coefficient (Wildman–Crippen LogP) is 15.6. The minimum Gasteiger partial charge on any atom is -0.454 e. The Morgan fingerprint density at radius 2 is 1.04 bits per heavy atom. The maximum atomic E-state index is 6.70. The summed E-state index contributed by atoms with van der Waals surface area (Å²) in [6.07, 6.45) is 0. The molecule has 0 N–H and O–H groups in total. The molecular weight excluding hydrogens is 687 g/mol. The minimum absolute atomic E-state index is 0.874. The summed E-state index contributed by atoms with van der Waals surface area (Å²) >= 11 is 1.85. The van der Waals surface area contributed by atoms with E-state index in [1.54, 1.807) is 0 Å². The van der Waals surface area contributed by atoms with E-state index in [2.05, 4.69) is 199 Å². The van der Waals surface area contributed by atoms with Crippen molar-refractivity contribution in [1.29, 1.82) is 0 Å². The predicted molar refractivity (Wildman–Crippen MR) is 235 cm³/mol. The number of furan rings is 1. The first-order chi connectivity index (χ1) is 27.3. The number of thiophene rings is 1. The second-order valence-corrected chi connectivity index (χ2v) is 15.1. The van der Waals surface area contributed by atoms with Crippen molar-refractivity contribution in [2.45, 2.75) is 0 Å². The van der Waals surface area contributed by atoms with Crippen molar-refractivity contribution in [3.63, 3.8) is 0 Å². The van der Waals surface area contributed by atoms with Crippen LogP contribution in [0.3, 0.4) is 0 Å². The highest BCUT2D eigenvalue weighted by Crippen LogP contribution is 2.50. The number of nitrogens with zero attached hydrogens (tertiary/aromatic N) is 1. The van der Waals surface area contributed by atoms with Gasteiger partial charge >= 0.3 is 0 Å². The largest absolute Gasteiger partial charge is 0.454 e. The molecular formula is C52H33NOS. The summed E-state index contributed by atoms with van der Waals surface area (Å²) in [5, 5.41) is 7.28. The molecule has 0 saturated carbocycles. The van der Waals surface area contributed by atoms with Gasteiger partial charge in [0.05, 0.1) is 16.1 Å². The van der Waals surface area contributed by atoms with Gasteiger partial charge in [-0.25, -0.2) is 0 Å². The minimum atomic E-state index is 0.874. The molecule has 0 saturated heterocycles. The summed E-state index contributed by atoms with van der Waals surface area (Å²) in [4.78, 5) is 2.39. The van der Waals surface area contributed by atoms with Crippen molar-refractivity contribution in [2.24, 2.45) is 0 Å². The molecule has 2 aromatic heterocycles. The van der Waals surface area contributed by atoms with Crippen LogP contribution in [0.15, 0.2) is 205 Å². The van der Waals surface area contributed by atoms with Crippen LogP contribution in [0.5, 0.6) is 0 Å². The molecule has 2 nitrogen and oxygen atoms in total. The number of hydrogen-bond donors (Lipinski definition) is 0. The van der Waals surface area contributed by atoms with Gasteiger partial charge in [0.2, 0.25) is 0 Å². The van der Waals surface area contributed by atoms with Crippen molar-refractivity contribution in [3.05, 3.63) is 200 Å². The molecule has 0 atom stereocenters. The Hall–Kier alpha value is -6.94. The molecule has 2 heterocycles. The molecule has 258 valence electrons. The van der Waals surface area contributed by atoms with Crippen molar-refractivity contribution in [2.75, 3.05) is 4.90 Å². The van der Waals surface area contributed by atoms with Crippen LogP contribution in [0.2, 0.25) is 0 Å². The third kappa shape index (κ3) is 5.32. The molecule has 0 unspecified atom stereocenters. The van der Waals surface area contributed by atoms with Gasteiger partial charge in [0.15, 0.2) is 5.58 Å². The first-order valence-corrected chi connectivity index (χ1v) is 19.5. The van der Waals surface area contributed by atoms with Gasteiger partial charge in [-0.15, -0.1) is 11.3 Å². The van der Waals surface area contributed by atoms with Crippen LogP contribution in [-0.2, 0) is 0 Å². The molecule has 0 aliphatic rings. The van der Waals surface area contributed by atoms with Gasteiger partial charge in [-0.3, -0.25) is 0 Å². The van der Waals surface area contributed by atoms with Gasteiger partial charge in [-0.1, -0.05) is 158 Å². The Morgan fingerprint density at radius 1 is 0.400 bits per heavy atom. The fourth-order valence-electron chi connectivity index (χ4n) is 8.19. The van der Waals surface area contributed by atoms with Gasteiger partial charge in [0.25, 0.3) is 0 Å². The standard InChI is InChI=1S/C52H33NOS/c1-2-12-38(13-3-1)42-31-32-47(52-50(42)45-16-7-9-20-49(45)55-52)53(46-18-10-17-44-43-15-6-8-19-48(43)54-51(44)46)41-29-27-36(28-30-41)35-21-23-37(24-22-35)40-26-25-34-11-4-5-14-39(34)33-40/h1-33H. The van der Waals surface area contributed by atoms with E-state index in [0.717, 1.165) is 39.0 Å². The Labute approximate surface area is 322 Å². The van der Waals surface area contributed by atoms with E-state index >= 15 is 0 Å². The lowest BCUT2D eigenvalue weighted by atomic mass is 9.97. The van der Waals surface area contributed by atoms with E-state index in [0.29, 0.717) is 0 Å². The first-order valence-electron chi connectivity index (χ1n) is 18.7. The number of anilines is 3. The molecule has 0 amide bonds. The molecule has 11 aromatic rings. The summed E-state index contributed by atoms with van der Waals surface area (Å²) in [5.41, 5.74) is 12.2. The topological polar surface area (TPSA) is 16.4 Å². The van der Waals surface area contributed by atoms with Crippen LogP contribution >= 0.6 is 11.3 Å². The molecule has 0 spiro atoms. The van der Waals surface area contributed by atoms with Gasteiger partial charge in [-0.05, 0) is 86.6 Å². The third-order valence-electron chi connectivity index (χ3n) is 10.9. The zero-order valence-corrected chi connectivity index (χ0v) is 30.6. The smallest absolute Gasteiger partial charge is 0.159 e. The first kappa shape index (κ1) is 31.6. The maximum absolute atomic E-state index is 6.70. The van der Waals surface area contributed by atoms with Crippen molar-refractivity contribution >= 4 is 81.3 Å².